The van der Waals surface area contributed by atoms with E-state index in [-0.39, 0.29) is 12.5 Å². The highest BCUT2D eigenvalue weighted by Gasteiger charge is 2.11. The van der Waals surface area contributed by atoms with Crippen LogP contribution < -0.4 is 14.8 Å². The fourth-order valence-corrected chi connectivity index (χ4v) is 4.18. The number of benzene rings is 3. The number of para-hydroxylation sites is 3. The number of hydrogen-bond donors (Lipinski definition) is 1. The van der Waals surface area contributed by atoms with Crippen molar-refractivity contribution in [2.24, 2.45) is 0 Å². The van der Waals surface area contributed by atoms with Gasteiger partial charge in [-0.25, -0.2) is 4.98 Å². The summed E-state index contributed by atoms with van der Waals surface area (Å²) in [4.78, 5) is 17.1. The summed E-state index contributed by atoms with van der Waals surface area (Å²) in [5.74, 6) is 2.62. The highest BCUT2D eigenvalue weighted by molar-refractivity contribution is 5.77. The zero-order valence-electron chi connectivity index (χ0n) is 21.2. The summed E-state index contributed by atoms with van der Waals surface area (Å²) in [5, 5.41) is 2.97. The van der Waals surface area contributed by atoms with Gasteiger partial charge < -0.3 is 19.4 Å². The molecule has 0 saturated heterocycles. The molecule has 0 spiro atoms. The zero-order chi connectivity index (χ0) is 25.2. The molecule has 3 aromatic carbocycles. The number of aryl methyl sites for hydroxylation is 4. The van der Waals surface area contributed by atoms with Gasteiger partial charge in [0.25, 0.3) is 5.91 Å². The minimum absolute atomic E-state index is 0.0217. The molecule has 0 aliphatic rings. The molecule has 4 rings (SSSR count). The molecular formula is C30H35N3O3. The second-order valence-electron chi connectivity index (χ2n) is 9.05. The molecule has 1 aromatic heterocycles. The summed E-state index contributed by atoms with van der Waals surface area (Å²) in [6.45, 7) is 6.19. The average Bonchev–Trinajstić information content (AvgIpc) is 3.25. The van der Waals surface area contributed by atoms with Gasteiger partial charge in [-0.15, -0.1) is 0 Å². The van der Waals surface area contributed by atoms with Gasteiger partial charge >= 0.3 is 0 Å². The summed E-state index contributed by atoms with van der Waals surface area (Å²) < 4.78 is 13.8. The third kappa shape index (κ3) is 7.11. The van der Waals surface area contributed by atoms with Crippen LogP contribution in [0.2, 0.25) is 0 Å². The summed E-state index contributed by atoms with van der Waals surface area (Å²) in [5.41, 5.74) is 4.31. The number of carbonyl (C=O) groups is 1. The lowest BCUT2D eigenvalue weighted by molar-refractivity contribution is -0.123. The molecule has 0 fully saturated rings. The number of hydrogen-bond acceptors (Lipinski definition) is 4. The Bertz CT molecular complexity index is 1270. The first kappa shape index (κ1) is 25.3. The van der Waals surface area contributed by atoms with Gasteiger partial charge in [0.15, 0.2) is 6.61 Å². The molecule has 188 valence electrons. The number of unbranched alkanes of at least 4 members (excludes halogenated alkanes) is 1. The quantitative estimate of drug-likeness (QED) is 0.249. The first-order valence-electron chi connectivity index (χ1n) is 12.7. The molecule has 36 heavy (non-hydrogen) atoms. The van der Waals surface area contributed by atoms with Crippen LogP contribution in [0.4, 0.5) is 0 Å². The third-order valence-corrected chi connectivity index (χ3v) is 6.12. The van der Waals surface area contributed by atoms with Crippen molar-refractivity contribution in [2.75, 3.05) is 19.8 Å². The van der Waals surface area contributed by atoms with Gasteiger partial charge in [-0.05, 0) is 74.6 Å². The lowest BCUT2D eigenvalue weighted by Crippen LogP contribution is -2.30. The number of imidazole rings is 1. The van der Waals surface area contributed by atoms with E-state index in [4.69, 9.17) is 14.5 Å². The Morgan fingerprint density at radius 3 is 2.58 bits per heavy atom. The van der Waals surface area contributed by atoms with E-state index in [1.807, 2.05) is 68.4 Å². The van der Waals surface area contributed by atoms with Crippen LogP contribution >= 0.6 is 0 Å². The van der Waals surface area contributed by atoms with Gasteiger partial charge in [0, 0.05) is 19.5 Å². The van der Waals surface area contributed by atoms with Gasteiger partial charge in [-0.2, -0.15) is 0 Å². The maximum atomic E-state index is 12.3. The molecule has 1 heterocycles. The number of nitrogens with zero attached hydrogens (tertiary/aromatic N) is 2. The highest BCUT2D eigenvalue weighted by Crippen LogP contribution is 2.20. The van der Waals surface area contributed by atoms with E-state index in [2.05, 4.69) is 28.1 Å². The van der Waals surface area contributed by atoms with Gasteiger partial charge in [0.05, 0.1) is 17.6 Å². The smallest absolute Gasteiger partial charge is 0.257 e. The van der Waals surface area contributed by atoms with Crippen LogP contribution in [0.25, 0.3) is 11.0 Å². The van der Waals surface area contributed by atoms with Crippen molar-refractivity contribution >= 4 is 16.9 Å². The number of amides is 1. The van der Waals surface area contributed by atoms with E-state index in [0.717, 1.165) is 71.7 Å². The maximum absolute atomic E-state index is 12.3. The van der Waals surface area contributed by atoms with E-state index >= 15 is 0 Å². The predicted octanol–water partition coefficient (Wildman–Crippen LogP) is 5.64. The Balaban J connectivity index is 1.23. The zero-order valence-corrected chi connectivity index (χ0v) is 21.2. The molecule has 4 aromatic rings. The lowest BCUT2D eigenvalue weighted by Gasteiger charge is -2.11. The van der Waals surface area contributed by atoms with E-state index in [1.165, 1.54) is 0 Å². The largest absolute Gasteiger partial charge is 0.494 e. The van der Waals surface area contributed by atoms with Crippen LogP contribution in [0, 0.1) is 13.8 Å². The fraction of sp³-hybridized carbons (Fsp3) is 0.333. The Morgan fingerprint density at radius 2 is 1.72 bits per heavy atom. The SMILES string of the molecule is Cc1ccc(C)c(OCC(=O)NCCCc2nc3ccccc3n2CCCCOc2ccccc2)c1. The normalized spacial score (nSPS) is 10.9. The molecule has 0 aliphatic carbocycles. The van der Waals surface area contributed by atoms with Crippen molar-refractivity contribution in [3.8, 4) is 11.5 Å². The molecular weight excluding hydrogens is 450 g/mol. The van der Waals surface area contributed by atoms with Crippen LogP contribution in [-0.4, -0.2) is 35.2 Å². The topological polar surface area (TPSA) is 65.4 Å². The van der Waals surface area contributed by atoms with Gasteiger partial charge in [0.2, 0.25) is 0 Å². The van der Waals surface area contributed by atoms with E-state index in [0.29, 0.717) is 13.2 Å². The molecule has 0 bridgehead atoms. The third-order valence-electron chi connectivity index (χ3n) is 6.12. The van der Waals surface area contributed by atoms with E-state index in [9.17, 15) is 4.79 Å². The van der Waals surface area contributed by atoms with Crippen LogP contribution in [-0.2, 0) is 17.8 Å². The molecule has 0 saturated carbocycles. The predicted molar refractivity (Wildman–Crippen MR) is 144 cm³/mol. The fourth-order valence-electron chi connectivity index (χ4n) is 4.18. The molecule has 0 unspecified atom stereocenters. The standard InChI is InChI=1S/C30H35N3O3/c1-23-16-17-24(2)28(21-23)36-22-30(34)31-18-10-15-29-32-26-13-6-7-14-27(26)33(29)19-8-9-20-35-25-11-4-3-5-12-25/h3-7,11-14,16-17,21H,8-10,15,18-20,22H2,1-2H3,(H,31,34). The Hall–Kier alpha value is -3.80. The van der Waals surface area contributed by atoms with E-state index in [1.54, 1.807) is 0 Å². The second-order valence-corrected chi connectivity index (χ2v) is 9.05. The van der Waals surface area contributed by atoms with Crippen LogP contribution in [0.15, 0.2) is 72.8 Å². The molecule has 0 radical (unpaired) electrons. The minimum atomic E-state index is -0.108. The summed E-state index contributed by atoms with van der Waals surface area (Å²) in [6.07, 6.45) is 3.59. The van der Waals surface area contributed by atoms with Crippen LogP contribution in [0.1, 0.15) is 36.2 Å². The molecule has 0 atom stereocenters. The van der Waals surface area contributed by atoms with Crippen molar-refractivity contribution < 1.29 is 14.3 Å². The summed E-state index contributed by atoms with van der Waals surface area (Å²) >= 11 is 0. The van der Waals surface area contributed by atoms with Gasteiger partial charge in [-0.3, -0.25) is 4.79 Å². The van der Waals surface area contributed by atoms with Crippen LogP contribution in [0.5, 0.6) is 11.5 Å². The monoisotopic (exact) mass is 485 g/mol. The number of fused-ring (bicyclic) bond motifs is 1. The van der Waals surface area contributed by atoms with Crippen molar-refractivity contribution in [3.63, 3.8) is 0 Å². The lowest BCUT2D eigenvalue weighted by atomic mass is 10.1. The molecule has 0 aliphatic heterocycles. The van der Waals surface area contributed by atoms with Gasteiger partial charge in [-0.1, -0.05) is 42.5 Å². The Kier molecular flexibility index (Phi) is 8.98. The molecule has 6 nitrogen and oxygen atoms in total. The maximum Gasteiger partial charge on any atom is 0.257 e. The number of ether oxygens (including phenoxy) is 2. The molecule has 6 heteroatoms. The second kappa shape index (κ2) is 12.8. The van der Waals surface area contributed by atoms with Crippen molar-refractivity contribution in [1.82, 2.24) is 14.9 Å². The van der Waals surface area contributed by atoms with Crippen molar-refractivity contribution in [1.29, 1.82) is 0 Å². The number of nitrogens with one attached hydrogen (secondary N) is 1. The number of aromatic nitrogens is 2. The average molecular weight is 486 g/mol. The molecule has 1 amide bonds. The molecule has 1 N–H and O–H groups in total. The first-order chi connectivity index (χ1) is 17.6. The van der Waals surface area contributed by atoms with Crippen molar-refractivity contribution in [3.05, 3.63) is 89.7 Å². The first-order valence-corrected chi connectivity index (χ1v) is 12.7. The minimum Gasteiger partial charge on any atom is -0.494 e. The highest BCUT2D eigenvalue weighted by atomic mass is 16.5. The summed E-state index contributed by atoms with van der Waals surface area (Å²) in [7, 11) is 0. The Labute approximate surface area is 213 Å². The van der Waals surface area contributed by atoms with Gasteiger partial charge in [0.1, 0.15) is 17.3 Å². The Morgan fingerprint density at radius 1 is 0.917 bits per heavy atom. The van der Waals surface area contributed by atoms with Crippen LogP contribution in [0.3, 0.4) is 0 Å². The number of carbonyl (C=O) groups excluding carboxylic acids is 1. The van der Waals surface area contributed by atoms with E-state index < -0.39 is 0 Å². The number of rotatable bonds is 13. The summed E-state index contributed by atoms with van der Waals surface area (Å²) in [6, 6.07) is 24.2. The van der Waals surface area contributed by atoms with Crippen molar-refractivity contribution in [2.45, 2.75) is 46.1 Å².